The summed E-state index contributed by atoms with van der Waals surface area (Å²) in [4.78, 5) is 0. The highest BCUT2D eigenvalue weighted by Crippen LogP contribution is 2.27. The first-order chi connectivity index (χ1) is 9.72. The highest BCUT2D eigenvalue weighted by Gasteiger charge is 2.03. The van der Waals surface area contributed by atoms with Crippen LogP contribution in [0.15, 0.2) is 46.9 Å². The zero-order valence-corrected chi connectivity index (χ0v) is 13.2. The fraction of sp³-hybridized carbons (Fsp3) is 0.250. The molecule has 3 nitrogen and oxygen atoms in total. The van der Waals surface area contributed by atoms with Crippen LogP contribution in [0.5, 0.6) is 11.5 Å². The quantitative estimate of drug-likeness (QED) is 0.800. The van der Waals surface area contributed by atoms with Crippen LogP contribution in [0.1, 0.15) is 5.56 Å². The van der Waals surface area contributed by atoms with Crippen LogP contribution in [0.3, 0.4) is 0 Å². The first-order valence-corrected chi connectivity index (χ1v) is 7.26. The molecule has 20 heavy (non-hydrogen) atoms. The number of halogens is 1. The molecule has 0 atom stereocenters. The lowest BCUT2D eigenvalue weighted by molar-refractivity contribution is 0.306. The predicted molar refractivity (Wildman–Crippen MR) is 85.9 cm³/mol. The third kappa shape index (κ3) is 3.67. The second-order valence-corrected chi connectivity index (χ2v) is 5.16. The number of ether oxygens (including phenoxy) is 2. The summed E-state index contributed by atoms with van der Waals surface area (Å²) in [5.74, 6) is 1.52. The smallest absolute Gasteiger partial charge is 0.161 e. The van der Waals surface area contributed by atoms with Gasteiger partial charge in [-0.05, 0) is 46.6 Å². The average Bonchev–Trinajstić information content (AvgIpc) is 2.48. The molecule has 106 valence electrons. The Morgan fingerprint density at radius 2 is 1.80 bits per heavy atom. The summed E-state index contributed by atoms with van der Waals surface area (Å²) >= 11 is 3.58. The zero-order valence-electron chi connectivity index (χ0n) is 11.7. The normalized spacial score (nSPS) is 10.2. The highest BCUT2D eigenvalue weighted by atomic mass is 79.9. The van der Waals surface area contributed by atoms with E-state index in [1.807, 2.05) is 36.4 Å². The van der Waals surface area contributed by atoms with E-state index in [1.54, 1.807) is 7.11 Å². The molecule has 0 heterocycles. The minimum atomic E-state index is 0.570. The highest BCUT2D eigenvalue weighted by molar-refractivity contribution is 9.10. The molecule has 4 heteroatoms. The largest absolute Gasteiger partial charge is 0.493 e. The molecule has 2 aromatic carbocycles. The molecule has 0 saturated heterocycles. The average molecular weight is 336 g/mol. The van der Waals surface area contributed by atoms with Gasteiger partial charge in [-0.25, -0.2) is 0 Å². The van der Waals surface area contributed by atoms with Gasteiger partial charge in [-0.1, -0.05) is 24.3 Å². The summed E-state index contributed by atoms with van der Waals surface area (Å²) < 4.78 is 12.1. The molecule has 0 amide bonds. The maximum Gasteiger partial charge on any atom is 0.161 e. The van der Waals surface area contributed by atoms with E-state index in [2.05, 4.69) is 34.2 Å². The Balaban J connectivity index is 1.86. The van der Waals surface area contributed by atoms with E-state index in [0.29, 0.717) is 6.61 Å². The predicted octanol–water partition coefficient (Wildman–Crippen LogP) is 4.26. The number of aryl methyl sites for hydroxylation is 1. The fourth-order valence-corrected chi connectivity index (χ4v) is 2.27. The molecule has 0 fully saturated rings. The van der Waals surface area contributed by atoms with Crippen LogP contribution in [-0.2, 0) is 0 Å². The van der Waals surface area contributed by atoms with Gasteiger partial charge in [-0.15, -0.1) is 0 Å². The van der Waals surface area contributed by atoms with Gasteiger partial charge in [0.2, 0.25) is 0 Å². The van der Waals surface area contributed by atoms with Gasteiger partial charge in [0.05, 0.1) is 7.11 Å². The number of hydrogen-bond acceptors (Lipinski definition) is 3. The summed E-state index contributed by atoms with van der Waals surface area (Å²) in [5.41, 5.74) is 2.29. The van der Waals surface area contributed by atoms with E-state index in [-0.39, 0.29) is 0 Å². The molecule has 2 rings (SSSR count). The summed E-state index contributed by atoms with van der Waals surface area (Å²) in [6.45, 7) is 3.36. The molecule has 0 bridgehead atoms. The number of methoxy groups -OCH3 is 1. The van der Waals surface area contributed by atoms with Crippen molar-refractivity contribution in [2.45, 2.75) is 6.92 Å². The third-order valence-corrected chi connectivity index (χ3v) is 3.99. The van der Waals surface area contributed by atoms with Crippen LogP contribution >= 0.6 is 15.9 Å². The number of hydrogen-bond donors (Lipinski definition) is 1. The Kier molecular flexibility index (Phi) is 5.30. The fourth-order valence-electron chi connectivity index (χ4n) is 1.87. The minimum Gasteiger partial charge on any atom is -0.493 e. The summed E-state index contributed by atoms with van der Waals surface area (Å²) in [5, 5.41) is 3.35. The molecule has 0 aliphatic heterocycles. The molecule has 0 spiro atoms. The molecule has 0 saturated carbocycles. The summed E-state index contributed by atoms with van der Waals surface area (Å²) in [7, 11) is 1.64. The van der Waals surface area contributed by atoms with Crippen molar-refractivity contribution in [3.63, 3.8) is 0 Å². The molecule has 2 aromatic rings. The molecule has 0 aliphatic rings. The van der Waals surface area contributed by atoms with Crippen LogP contribution in [0.2, 0.25) is 0 Å². The standard InChI is InChI=1S/C16H18BrNO2/c1-12-6-5-7-13(16(12)17)18-10-11-20-15-9-4-3-8-14(15)19-2/h3-9,18H,10-11H2,1-2H3. The SMILES string of the molecule is COc1ccccc1OCCNc1cccc(C)c1Br. The topological polar surface area (TPSA) is 30.5 Å². The third-order valence-electron chi connectivity index (χ3n) is 2.94. The van der Waals surface area contributed by atoms with Crippen LogP contribution < -0.4 is 14.8 Å². The van der Waals surface area contributed by atoms with E-state index in [1.165, 1.54) is 5.56 Å². The number of rotatable bonds is 6. The Morgan fingerprint density at radius 3 is 2.55 bits per heavy atom. The molecular weight excluding hydrogens is 318 g/mol. The minimum absolute atomic E-state index is 0.570. The lowest BCUT2D eigenvalue weighted by Gasteiger charge is -2.12. The molecule has 0 radical (unpaired) electrons. The van der Waals surface area contributed by atoms with Crippen LogP contribution in [0, 0.1) is 6.92 Å². The molecule has 0 unspecified atom stereocenters. The first kappa shape index (κ1) is 14.7. The van der Waals surface area contributed by atoms with E-state index in [9.17, 15) is 0 Å². The summed E-state index contributed by atoms with van der Waals surface area (Å²) in [6.07, 6.45) is 0. The molecule has 0 aromatic heterocycles. The van der Waals surface area contributed by atoms with E-state index < -0.39 is 0 Å². The number of anilines is 1. The van der Waals surface area contributed by atoms with Crippen LogP contribution in [-0.4, -0.2) is 20.3 Å². The van der Waals surface area contributed by atoms with Gasteiger partial charge in [0.15, 0.2) is 11.5 Å². The second kappa shape index (κ2) is 7.20. The lowest BCUT2D eigenvalue weighted by atomic mass is 10.2. The van der Waals surface area contributed by atoms with Crippen molar-refractivity contribution in [2.75, 3.05) is 25.6 Å². The molecular formula is C16H18BrNO2. The van der Waals surface area contributed by atoms with Gasteiger partial charge >= 0.3 is 0 Å². The van der Waals surface area contributed by atoms with E-state index in [4.69, 9.17) is 9.47 Å². The second-order valence-electron chi connectivity index (χ2n) is 4.36. The number of para-hydroxylation sites is 2. The maximum atomic E-state index is 5.72. The van der Waals surface area contributed by atoms with Crippen LogP contribution in [0.4, 0.5) is 5.69 Å². The Bertz CT molecular complexity index is 572. The van der Waals surface area contributed by atoms with Gasteiger partial charge in [0, 0.05) is 16.7 Å². The van der Waals surface area contributed by atoms with Crippen molar-refractivity contribution in [1.29, 1.82) is 0 Å². The van der Waals surface area contributed by atoms with Crippen molar-refractivity contribution in [3.8, 4) is 11.5 Å². The molecule has 1 N–H and O–H groups in total. The van der Waals surface area contributed by atoms with Gasteiger partial charge in [-0.2, -0.15) is 0 Å². The lowest BCUT2D eigenvalue weighted by Crippen LogP contribution is -2.12. The van der Waals surface area contributed by atoms with Crippen molar-refractivity contribution >= 4 is 21.6 Å². The maximum absolute atomic E-state index is 5.72. The van der Waals surface area contributed by atoms with E-state index >= 15 is 0 Å². The summed E-state index contributed by atoms with van der Waals surface area (Å²) in [6, 6.07) is 13.8. The van der Waals surface area contributed by atoms with Crippen molar-refractivity contribution in [1.82, 2.24) is 0 Å². The Hall–Kier alpha value is -1.68. The number of benzene rings is 2. The van der Waals surface area contributed by atoms with Gasteiger partial charge < -0.3 is 14.8 Å². The van der Waals surface area contributed by atoms with Crippen molar-refractivity contribution in [2.24, 2.45) is 0 Å². The van der Waals surface area contributed by atoms with Gasteiger partial charge in [0.25, 0.3) is 0 Å². The molecule has 0 aliphatic carbocycles. The number of nitrogens with one attached hydrogen (secondary N) is 1. The van der Waals surface area contributed by atoms with Crippen LogP contribution in [0.25, 0.3) is 0 Å². The van der Waals surface area contributed by atoms with E-state index in [0.717, 1.165) is 28.2 Å². The Morgan fingerprint density at radius 1 is 1.05 bits per heavy atom. The Labute approximate surface area is 128 Å². The monoisotopic (exact) mass is 335 g/mol. The zero-order chi connectivity index (χ0) is 14.4. The van der Waals surface area contributed by atoms with Crippen molar-refractivity contribution < 1.29 is 9.47 Å². The van der Waals surface area contributed by atoms with Crippen molar-refractivity contribution in [3.05, 3.63) is 52.5 Å². The van der Waals surface area contributed by atoms with Gasteiger partial charge in [0.1, 0.15) is 6.61 Å². The van der Waals surface area contributed by atoms with Gasteiger partial charge in [-0.3, -0.25) is 0 Å². The first-order valence-electron chi connectivity index (χ1n) is 6.47.